The van der Waals surface area contributed by atoms with E-state index in [1.54, 1.807) is 20.0 Å². The number of carboxylic acid groups (broad SMARTS) is 1. The third-order valence-corrected chi connectivity index (χ3v) is 3.03. The molecule has 0 saturated carbocycles. The second-order valence-electron chi connectivity index (χ2n) is 4.55. The summed E-state index contributed by atoms with van der Waals surface area (Å²) in [5.74, 6) is -1.28. The van der Waals surface area contributed by atoms with Crippen LogP contribution >= 0.6 is 0 Å². The van der Waals surface area contributed by atoms with Gasteiger partial charge >= 0.3 is 12.0 Å². The molecule has 21 heavy (non-hydrogen) atoms. The predicted molar refractivity (Wildman–Crippen MR) is 78.5 cm³/mol. The van der Waals surface area contributed by atoms with E-state index in [0.29, 0.717) is 12.2 Å². The van der Waals surface area contributed by atoms with Crippen LogP contribution in [0.3, 0.4) is 0 Å². The van der Waals surface area contributed by atoms with Gasteiger partial charge in [-0.05, 0) is 31.5 Å². The van der Waals surface area contributed by atoms with E-state index in [1.807, 2.05) is 6.92 Å². The van der Waals surface area contributed by atoms with Crippen molar-refractivity contribution < 1.29 is 19.5 Å². The summed E-state index contributed by atoms with van der Waals surface area (Å²) in [6.07, 6.45) is 0. The van der Waals surface area contributed by atoms with Crippen molar-refractivity contribution in [3.05, 3.63) is 29.3 Å². The number of hydrogen-bond acceptors (Lipinski definition) is 3. The lowest BCUT2D eigenvalue weighted by Gasteiger charge is -2.15. The van der Waals surface area contributed by atoms with Gasteiger partial charge < -0.3 is 20.6 Å². The van der Waals surface area contributed by atoms with Crippen LogP contribution in [0.5, 0.6) is 0 Å². The Bertz CT molecular complexity index is 557. The first-order valence-corrected chi connectivity index (χ1v) is 6.48. The number of anilines is 1. The van der Waals surface area contributed by atoms with E-state index in [0.717, 1.165) is 5.56 Å². The maximum Gasteiger partial charge on any atom is 0.335 e. The third kappa shape index (κ3) is 4.79. The van der Waals surface area contributed by atoms with E-state index >= 15 is 0 Å². The number of likely N-dealkylation sites (N-methyl/N-ethyl adjacent to an activating group) is 1. The van der Waals surface area contributed by atoms with Crippen molar-refractivity contribution in [3.63, 3.8) is 0 Å². The fourth-order valence-corrected chi connectivity index (χ4v) is 1.52. The highest BCUT2D eigenvalue weighted by molar-refractivity contribution is 5.95. The topological polar surface area (TPSA) is 98.7 Å². The minimum Gasteiger partial charge on any atom is -0.478 e. The highest BCUT2D eigenvalue weighted by Crippen LogP contribution is 2.16. The van der Waals surface area contributed by atoms with Crippen LogP contribution < -0.4 is 10.6 Å². The van der Waals surface area contributed by atoms with Gasteiger partial charge in [0.15, 0.2) is 0 Å². The molecule has 1 aromatic rings. The Kier molecular flexibility index (Phi) is 5.71. The Hall–Kier alpha value is -2.57. The van der Waals surface area contributed by atoms with Gasteiger partial charge in [-0.3, -0.25) is 4.79 Å². The van der Waals surface area contributed by atoms with Gasteiger partial charge in [0.25, 0.3) is 0 Å². The van der Waals surface area contributed by atoms with E-state index in [9.17, 15) is 14.4 Å². The predicted octanol–water partition coefficient (Wildman–Crippen LogP) is 1.29. The molecule has 0 atom stereocenters. The standard InChI is InChI=1S/C14H19N3O4/c1-4-17(3)12(18)8-15-14(21)16-11-7-10(13(19)20)6-5-9(11)2/h5-7H,4,8H2,1-3H3,(H,19,20)(H2,15,16,21). The number of aromatic carboxylic acids is 1. The lowest BCUT2D eigenvalue weighted by Crippen LogP contribution is -2.39. The van der Waals surface area contributed by atoms with Crippen LogP contribution in [0, 0.1) is 6.92 Å². The van der Waals surface area contributed by atoms with Gasteiger partial charge in [-0.25, -0.2) is 9.59 Å². The number of rotatable bonds is 5. The summed E-state index contributed by atoms with van der Waals surface area (Å²) in [7, 11) is 1.64. The maximum absolute atomic E-state index is 11.7. The average Bonchev–Trinajstić information content (AvgIpc) is 2.45. The third-order valence-electron chi connectivity index (χ3n) is 3.03. The lowest BCUT2D eigenvalue weighted by atomic mass is 10.1. The molecule has 7 heteroatoms. The van der Waals surface area contributed by atoms with E-state index in [2.05, 4.69) is 10.6 Å². The Labute approximate surface area is 122 Å². The first kappa shape index (κ1) is 16.5. The van der Waals surface area contributed by atoms with Crippen molar-refractivity contribution in [2.75, 3.05) is 25.5 Å². The molecule has 1 aromatic carbocycles. The fourth-order valence-electron chi connectivity index (χ4n) is 1.52. The summed E-state index contributed by atoms with van der Waals surface area (Å²) in [4.78, 5) is 35.6. The molecule has 0 unspecified atom stereocenters. The second kappa shape index (κ2) is 7.28. The molecular weight excluding hydrogens is 274 g/mol. The number of carbonyl (C=O) groups is 3. The Morgan fingerprint density at radius 1 is 1.29 bits per heavy atom. The van der Waals surface area contributed by atoms with Crippen molar-refractivity contribution in [1.82, 2.24) is 10.2 Å². The molecule has 0 radical (unpaired) electrons. The first-order chi connectivity index (χ1) is 9.85. The lowest BCUT2D eigenvalue weighted by molar-refractivity contribution is -0.128. The van der Waals surface area contributed by atoms with Crippen molar-refractivity contribution in [3.8, 4) is 0 Å². The Morgan fingerprint density at radius 3 is 2.52 bits per heavy atom. The van der Waals surface area contributed by atoms with Gasteiger partial charge in [0.1, 0.15) is 0 Å². The molecule has 0 heterocycles. The smallest absolute Gasteiger partial charge is 0.335 e. The Balaban J connectivity index is 2.65. The fraction of sp³-hybridized carbons (Fsp3) is 0.357. The zero-order chi connectivity index (χ0) is 16.0. The van der Waals surface area contributed by atoms with Crippen LogP contribution in [-0.4, -0.2) is 48.1 Å². The van der Waals surface area contributed by atoms with E-state index in [-0.39, 0.29) is 18.0 Å². The number of urea groups is 1. The number of hydrogen-bond donors (Lipinski definition) is 3. The van der Waals surface area contributed by atoms with Gasteiger partial charge in [0.2, 0.25) is 5.91 Å². The van der Waals surface area contributed by atoms with Crippen LogP contribution in [-0.2, 0) is 4.79 Å². The van der Waals surface area contributed by atoms with Gasteiger partial charge in [-0.15, -0.1) is 0 Å². The molecular formula is C14H19N3O4. The highest BCUT2D eigenvalue weighted by Gasteiger charge is 2.11. The number of nitrogens with zero attached hydrogens (tertiary/aromatic N) is 1. The number of carbonyl (C=O) groups excluding carboxylic acids is 2. The summed E-state index contributed by atoms with van der Waals surface area (Å²) in [6, 6.07) is 3.88. The largest absolute Gasteiger partial charge is 0.478 e. The molecule has 0 spiro atoms. The minimum absolute atomic E-state index is 0.0812. The van der Waals surface area contributed by atoms with Crippen LogP contribution in [0.1, 0.15) is 22.8 Å². The summed E-state index contributed by atoms with van der Waals surface area (Å²) >= 11 is 0. The zero-order valence-corrected chi connectivity index (χ0v) is 12.3. The molecule has 0 bridgehead atoms. The molecule has 0 aliphatic rings. The van der Waals surface area contributed by atoms with Crippen molar-refractivity contribution >= 4 is 23.6 Å². The average molecular weight is 293 g/mol. The molecule has 3 amide bonds. The van der Waals surface area contributed by atoms with Gasteiger partial charge in [-0.2, -0.15) is 0 Å². The summed E-state index contributed by atoms with van der Waals surface area (Å²) in [6.45, 7) is 4.02. The van der Waals surface area contributed by atoms with Crippen molar-refractivity contribution in [2.45, 2.75) is 13.8 Å². The molecule has 0 aliphatic heterocycles. The number of aryl methyl sites for hydroxylation is 1. The van der Waals surface area contributed by atoms with Crippen molar-refractivity contribution in [1.29, 1.82) is 0 Å². The summed E-state index contributed by atoms with van der Waals surface area (Å²) in [5, 5.41) is 13.9. The maximum atomic E-state index is 11.7. The van der Waals surface area contributed by atoms with Crippen LogP contribution in [0.15, 0.2) is 18.2 Å². The molecule has 3 N–H and O–H groups in total. The van der Waals surface area contributed by atoms with Gasteiger partial charge in [-0.1, -0.05) is 6.07 Å². The normalized spacial score (nSPS) is 9.86. The van der Waals surface area contributed by atoms with Gasteiger partial charge in [0.05, 0.1) is 12.1 Å². The van der Waals surface area contributed by atoms with Gasteiger partial charge in [0, 0.05) is 19.3 Å². The molecule has 0 fully saturated rings. The summed E-state index contributed by atoms with van der Waals surface area (Å²) < 4.78 is 0. The van der Waals surface area contributed by atoms with Crippen LogP contribution in [0.25, 0.3) is 0 Å². The molecule has 7 nitrogen and oxygen atoms in total. The van der Waals surface area contributed by atoms with Crippen LogP contribution in [0.2, 0.25) is 0 Å². The van der Waals surface area contributed by atoms with Crippen LogP contribution in [0.4, 0.5) is 10.5 Å². The zero-order valence-electron chi connectivity index (χ0n) is 12.3. The monoisotopic (exact) mass is 293 g/mol. The molecule has 114 valence electrons. The van der Waals surface area contributed by atoms with E-state index in [4.69, 9.17) is 5.11 Å². The van der Waals surface area contributed by atoms with E-state index in [1.165, 1.54) is 17.0 Å². The summed E-state index contributed by atoms with van der Waals surface area (Å²) in [5.41, 5.74) is 1.20. The molecule has 0 aliphatic carbocycles. The number of nitrogens with one attached hydrogen (secondary N) is 2. The SMILES string of the molecule is CCN(C)C(=O)CNC(=O)Nc1cc(C(=O)O)ccc1C. The highest BCUT2D eigenvalue weighted by atomic mass is 16.4. The molecule has 0 aromatic heterocycles. The Morgan fingerprint density at radius 2 is 1.95 bits per heavy atom. The number of carboxylic acids is 1. The number of amides is 3. The molecule has 0 saturated heterocycles. The van der Waals surface area contributed by atoms with Crippen molar-refractivity contribution in [2.24, 2.45) is 0 Å². The minimum atomic E-state index is -1.07. The number of benzene rings is 1. The second-order valence-corrected chi connectivity index (χ2v) is 4.55. The quantitative estimate of drug-likeness (QED) is 0.762. The van der Waals surface area contributed by atoms with E-state index < -0.39 is 12.0 Å². The first-order valence-electron chi connectivity index (χ1n) is 6.48. The molecule has 1 rings (SSSR count).